The van der Waals surface area contributed by atoms with E-state index in [-0.39, 0.29) is 0 Å². The molecule has 0 atom stereocenters. The van der Waals surface area contributed by atoms with Crippen LogP contribution in [0.3, 0.4) is 0 Å². The highest BCUT2D eigenvalue weighted by Crippen LogP contribution is 2.44. The van der Waals surface area contributed by atoms with Crippen LogP contribution in [-0.2, 0) is 12.7 Å². The molecule has 0 saturated heterocycles. The number of aromatic nitrogens is 3. The van der Waals surface area contributed by atoms with Gasteiger partial charge in [-0.05, 0) is 70.1 Å². The molecule has 0 radical (unpaired) electrons. The van der Waals surface area contributed by atoms with Crippen LogP contribution in [0, 0.1) is 0 Å². The van der Waals surface area contributed by atoms with Crippen molar-refractivity contribution in [3.63, 3.8) is 0 Å². The van der Waals surface area contributed by atoms with E-state index in [2.05, 4.69) is 49.9 Å². The predicted octanol–water partition coefficient (Wildman–Crippen LogP) is 7.92. The first-order valence-electron chi connectivity index (χ1n) is 12.7. The molecule has 5 aromatic rings. The average Bonchev–Trinajstić information content (AvgIpc) is 3.74. The van der Waals surface area contributed by atoms with E-state index >= 15 is 0 Å². The van der Waals surface area contributed by atoms with Gasteiger partial charge in [0.25, 0.3) is 5.91 Å². The van der Waals surface area contributed by atoms with Gasteiger partial charge in [0, 0.05) is 23.9 Å². The van der Waals surface area contributed by atoms with Crippen LogP contribution in [0.4, 0.5) is 24.7 Å². The largest absolute Gasteiger partial charge is 0.417 e. The zero-order chi connectivity index (χ0) is 27.9. The average molecular weight is 606 g/mol. The molecule has 1 saturated carbocycles. The molecule has 40 heavy (non-hydrogen) atoms. The summed E-state index contributed by atoms with van der Waals surface area (Å²) in [6, 6.07) is 22.0. The van der Waals surface area contributed by atoms with Crippen molar-refractivity contribution in [2.24, 2.45) is 0 Å². The van der Waals surface area contributed by atoms with Crippen LogP contribution in [0.25, 0.3) is 16.9 Å². The number of rotatable bonds is 7. The van der Waals surface area contributed by atoms with Crippen LogP contribution in [0.15, 0.2) is 89.5 Å². The minimum atomic E-state index is -4.63. The molecule has 0 unspecified atom stereocenters. The van der Waals surface area contributed by atoms with Crippen molar-refractivity contribution in [2.75, 3.05) is 10.6 Å². The van der Waals surface area contributed by atoms with Crippen molar-refractivity contribution in [3.8, 4) is 11.3 Å². The van der Waals surface area contributed by atoms with Gasteiger partial charge in [-0.2, -0.15) is 22.8 Å². The molecule has 10 heteroatoms. The summed E-state index contributed by atoms with van der Waals surface area (Å²) in [5, 5.41) is 10.5. The van der Waals surface area contributed by atoms with E-state index in [0.29, 0.717) is 23.8 Å². The summed E-state index contributed by atoms with van der Waals surface area (Å²) in [4.78, 5) is 17.6. The van der Waals surface area contributed by atoms with Crippen LogP contribution in [-0.4, -0.2) is 20.5 Å². The summed E-state index contributed by atoms with van der Waals surface area (Å²) in [6.07, 6.45) is -0.584. The van der Waals surface area contributed by atoms with Gasteiger partial charge in [0.1, 0.15) is 5.82 Å². The number of anilines is 2. The van der Waals surface area contributed by atoms with Gasteiger partial charge < -0.3 is 10.6 Å². The Morgan fingerprint density at radius 2 is 1.77 bits per heavy atom. The third kappa shape index (κ3) is 5.31. The smallest absolute Gasteiger partial charge is 0.366 e. The lowest BCUT2D eigenvalue weighted by Gasteiger charge is -2.14. The number of fused-ring (bicyclic) bond motifs is 1. The van der Waals surface area contributed by atoms with Gasteiger partial charge in [-0.15, -0.1) is 0 Å². The molecule has 6 nitrogen and oxygen atoms in total. The monoisotopic (exact) mass is 605 g/mol. The Balaban J connectivity index is 1.25. The number of hydrogen-bond acceptors (Lipinski definition) is 4. The van der Waals surface area contributed by atoms with Gasteiger partial charge in [-0.1, -0.05) is 48.5 Å². The van der Waals surface area contributed by atoms with Crippen molar-refractivity contribution in [1.29, 1.82) is 0 Å². The van der Waals surface area contributed by atoms with E-state index < -0.39 is 23.2 Å². The Bertz CT molecular complexity index is 1730. The van der Waals surface area contributed by atoms with Crippen molar-refractivity contribution < 1.29 is 18.0 Å². The second-order valence-electron chi connectivity index (χ2n) is 9.67. The highest BCUT2D eigenvalue weighted by molar-refractivity contribution is 9.10. The number of halogens is 4. The lowest BCUT2D eigenvalue weighted by atomic mass is 10.0. The number of hydrogen-bond donors (Lipinski definition) is 2. The van der Waals surface area contributed by atoms with E-state index in [9.17, 15) is 18.0 Å². The molecule has 202 valence electrons. The van der Waals surface area contributed by atoms with Gasteiger partial charge in [-0.3, -0.25) is 4.79 Å². The Morgan fingerprint density at radius 3 is 2.58 bits per heavy atom. The Kier molecular flexibility index (Phi) is 6.79. The fourth-order valence-corrected chi connectivity index (χ4v) is 5.11. The standard InChI is InChI=1S/C30H23BrF3N5O/c31-25-17-36-39-27(15-26(38-28(25)39)22-9-2-1-8-21(22)19-12-13-19)35-16-18-6-5-7-20(14-18)37-29(40)23-10-3-4-11-24(23)30(32,33)34/h1-11,14-15,17,19,35H,12-13,16H2,(H,37,40). The molecule has 1 aliphatic carbocycles. The molecule has 1 fully saturated rings. The highest BCUT2D eigenvalue weighted by Gasteiger charge is 2.35. The highest BCUT2D eigenvalue weighted by atomic mass is 79.9. The fourth-order valence-electron chi connectivity index (χ4n) is 4.76. The quantitative estimate of drug-likeness (QED) is 0.198. The molecule has 1 aliphatic rings. The van der Waals surface area contributed by atoms with Crippen LogP contribution < -0.4 is 10.6 Å². The summed E-state index contributed by atoms with van der Waals surface area (Å²) in [6.45, 7) is 0.378. The number of nitrogens with one attached hydrogen (secondary N) is 2. The summed E-state index contributed by atoms with van der Waals surface area (Å²) >= 11 is 3.55. The number of alkyl halides is 3. The number of amides is 1. The van der Waals surface area contributed by atoms with Gasteiger partial charge in [-0.25, -0.2) is 4.98 Å². The molecule has 1 amide bonds. The number of benzene rings is 3. The first-order valence-corrected chi connectivity index (χ1v) is 13.5. The molecule has 0 spiro atoms. The maximum absolute atomic E-state index is 13.4. The lowest BCUT2D eigenvalue weighted by molar-refractivity contribution is -0.137. The molecule has 2 N–H and O–H groups in total. The molecule has 0 aliphatic heterocycles. The van der Waals surface area contributed by atoms with E-state index in [1.54, 1.807) is 28.9 Å². The molecule has 2 aromatic heterocycles. The lowest BCUT2D eigenvalue weighted by Crippen LogP contribution is -2.18. The molecular weight excluding hydrogens is 583 g/mol. The van der Waals surface area contributed by atoms with Gasteiger partial charge >= 0.3 is 6.18 Å². The number of carbonyl (C=O) groups excluding carboxylic acids is 1. The van der Waals surface area contributed by atoms with Gasteiger partial charge in [0.2, 0.25) is 0 Å². The molecule has 0 bridgehead atoms. The van der Waals surface area contributed by atoms with Crippen LogP contribution in [0.1, 0.15) is 45.8 Å². The Hall–Kier alpha value is -4.18. The topological polar surface area (TPSA) is 71.3 Å². The van der Waals surface area contributed by atoms with E-state index in [0.717, 1.165) is 33.2 Å². The molecule has 6 rings (SSSR count). The second-order valence-corrected chi connectivity index (χ2v) is 10.5. The second kappa shape index (κ2) is 10.4. The maximum Gasteiger partial charge on any atom is 0.417 e. The number of nitrogens with zero attached hydrogens (tertiary/aromatic N) is 3. The minimum absolute atomic E-state index is 0.378. The normalized spacial score (nSPS) is 13.4. The SMILES string of the molecule is O=C(Nc1cccc(CNc2cc(-c3ccccc3C3CC3)nc3c(Br)cnn23)c1)c1ccccc1C(F)(F)F. The Labute approximate surface area is 236 Å². The third-order valence-corrected chi connectivity index (χ3v) is 7.38. The van der Waals surface area contributed by atoms with E-state index in [4.69, 9.17) is 4.98 Å². The van der Waals surface area contributed by atoms with Crippen LogP contribution in [0.5, 0.6) is 0 Å². The first kappa shape index (κ1) is 26.1. The zero-order valence-electron chi connectivity index (χ0n) is 21.0. The summed E-state index contributed by atoms with van der Waals surface area (Å²) in [5.41, 5.74) is 3.69. The molecule has 3 aromatic carbocycles. The summed E-state index contributed by atoms with van der Waals surface area (Å²) < 4.78 is 42.6. The first-order chi connectivity index (χ1) is 19.3. The van der Waals surface area contributed by atoms with E-state index in [1.165, 1.54) is 36.6 Å². The predicted molar refractivity (Wildman–Crippen MR) is 151 cm³/mol. The van der Waals surface area contributed by atoms with Crippen molar-refractivity contribution in [3.05, 3.63) is 112 Å². The molecular formula is C30H23BrF3N5O. The fraction of sp³-hybridized carbons (Fsp3) is 0.167. The third-order valence-electron chi connectivity index (χ3n) is 6.82. The summed E-state index contributed by atoms with van der Waals surface area (Å²) in [5.74, 6) is 0.458. The van der Waals surface area contributed by atoms with Crippen molar-refractivity contribution >= 4 is 39.0 Å². The molecule has 2 heterocycles. The zero-order valence-corrected chi connectivity index (χ0v) is 22.6. The summed E-state index contributed by atoms with van der Waals surface area (Å²) in [7, 11) is 0. The van der Waals surface area contributed by atoms with Crippen molar-refractivity contribution in [1.82, 2.24) is 14.6 Å². The van der Waals surface area contributed by atoms with E-state index in [1.807, 2.05) is 18.2 Å². The van der Waals surface area contributed by atoms with Crippen molar-refractivity contribution in [2.45, 2.75) is 31.5 Å². The Morgan fingerprint density at radius 1 is 1.00 bits per heavy atom. The van der Waals surface area contributed by atoms with Crippen LogP contribution >= 0.6 is 15.9 Å². The minimum Gasteiger partial charge on any atom is -0.366 e. The van der Waals surface area contributed by atoms with Crippen LogP contribution in [0.2, 0.25) is 0 Å². The number of carbonyl (C=O) groups is 1. The van der Waals surface area contributed by atoms with Gasteiger partial charge in [0.05, 0.1) is 27.5 Å². The maximum atomic E-state index is 13.4. The van der Waals surface area contributed by atoms with Gasteiger partial charge in [0.15, 0.2) is 5.65 Å².